The van der Waals surface area contributed by atoms with Crippen molar-refractivity contribution in [2.75, 3.05) is 0 Å². The molecule has 0 aliphatic heterocycles. The number of sulfonamides is 1. The van der Waals surface area contributed by atoms with Crippen molar-refractivity contribution < 1.29 is 13.5 Å². The molecule has 3 aromatic heterocycles. The number of benzene rings is 1. The topological polar surface area (TPSA) is 135 Å². The van der Waals surface area contributed by atoms with E-state index in [1.54, 1.807) is 55.0 Å². The second-order valence-corrected chi connectivity index (χ2v) is 6.75. The van der Waals surface area contributed by atoms with Crippen molar-refractivity contribution in [3.8, 4) is 16.9 Å². The summed E-state index contributed by atoms with van der Waals surface area (Å²) in [5.41, 5.74) is 1.95. The van der Waals surface area contributed by atoms with Gasteiger partial charge < -0.3 is 5.11 Å². The van der Waals surface area contributed by atoms with E-state index in [4.69, 9.17) is 10.2 Å². The van der Waals surface area contributed by atoms with Gasteiger partial charge in [-0.1, -0.05) is 24.3 Å². The summed E-state index contributed by atoms with van der Waals surface area (Å²) in [7, 11) is -3.88. The van der Waals surface area contributed by atoms with Crippen LogP contribution in [0, 0.1) is 0 Å². The van der Waals surface area contributed by atoms with Gasteiger partial charge in [-0.15, -0.1) is 0 Å². The third-order valence-electron chi connectivity index (χ3n) is 3.40. The lowest BCUT2D eigenvalue weighted by molar-refractivity contribution is 0.475. The molecular weight excluding hydrogens is 354 g/mol. The predicted octanol–water partition coefficient (Wildman–Crippen LogP) is 2.06. The molecule has 0 unspecified atom stereocenters. The number of pyridine rings is 2. The first kappa shape index (κ1) is 17.5. The summed E-state index contributed by atoms with van der Waals surface area (Å²) in [6, 6.07) is 14.0. The van der Waals surface area contributed by atoms with E-state index in [0.717, 1.165) is 11.1 Å². The molecule has 0 aliphatic rings. The van der Waals surface area contributed by atoms with Crippen molar-refractivity contribution in [3.05, 3.63) is 67.1 Å². The fourth-order valence-corrected chi connectivity index (χ4v) is 2.85. The second kappa shape index (κ2) is 7.30. The number of nitrogens with zero attached hydrogens (tertiary/aromatic N) is 3. The Morgan fingerprint density at radius 1 is 1.00 bits per heavy atom. The van der Waals surface area contributed by atoms with E-state index in [1.165, 1.54) is 0 Å². The minimum atomic E-state index is -3.88. The van der Waals surface area contributed by atoms with Crippen molar-refractivity contribution in [1.29, 1.82) is 0 Å². The zero-order chi connectivity index (χ0) is 18.6. The number of nitrogens with two attached hydrogens (primary N) is 1. The van der Waals surface area contributed by atoms with Crippen LogP contribution in [0.15, 0.2) is 72.1 Å². The van der Waals surface area contributed by atoms with Gasteiger partial charge in [-0.2, -0.15) is 5.10 Å². The lowest BCUT2D eigenvalue weighted by Gasteiger charge is -2.00. The number of hydrogen-bond donors (Lipinski definition) is 3. The van der Waals surface area contributed by atoms with Crippen molar-refractivity contribution in [2.24, 2.45) is 5.14 Å². The quantitative estimate of drug-likeness (QED) is 0.495. The lowest BCUT2D eigenvalue weighted by Crippen LogP contribution is -2.12. The number of primary sulfonamides is 1. The largest absolute Gasteiger partial charge is 0.508 e. The molecule has 26 heavy (non-hydrogen) atoms. The molecule has 9 heteroatoms. The number of fused-ring (bicyclic) bond motifs is 1. The highest BCUT2D eigenvalue weighted by atomic mass is 32.2. The number of para-hydroxylation sites is 1. The van der Waals surface area contributed by atoms with Gasteiger partial charge in [0, 0.05) is 29.7 Å². The van der Waals surface area contributed by atoms with Gasteiger partial charge in [-0.05, 0) is 24.3 Å². The first-order valence-electron chi connectivity index (χ1n) is 7.46. The number of phenols is 1. The van der Waals surface area contributed by atoms with Gasteiger partial charge in [0.05, 0.1) is 5.39 Å². The Hall–Kier alpha value is -3.30. The number of phenolic OH excluding ortho intramolecular Hbond substituents is 1. The molecule has 132 valence electrons. The molecule has 4 rings (SSSR count). The summed E-state index contributed by atoms with van der Waals surface area (Å²) in [5, 5.41) is 20.1. The zero-order valence-corrected chi connectivity index (χ0v) is 14.3. The maximum atomic E-state index is 11.4. The van der Waals surface area contributed by atoms with Crippen LogP contribution in [0.3, 0.4) is 0 Å². The van der Waals surface area contributed by atoms with Crippen LogP contribution in [-0.4, -0.2) is 33.7 Å². The van der Waals surface area contributed by atoms with Gasteiger partial charge in [0.15, 0.2) is 5.65 Å². The zero-order valence-electron chi connectivity index (χ0n) is 13.4. The monoisotopic (exact) mass is 369 g/mol. The molecular formula is C17H15N5O3S. The van der Waals surface area contributed by atoms with Crippen molar-refractivity contribution in [2.45, 2.75) is 5.03 Å². The standard InChI is InChI=1S/C11H9N5O2S.C6H6O/c12-19(17,18)11-9-4-8(6-14-10(9)15-16-11)7-2-1-3-13-5-7;7-6-4-2-1-3-5-6/h1-6H,(H2,12,17,18)(H,14,15,16);1-5,7H. The van der Waals surface area contributed by atoms with Crippen LogP contribution < -0.4 is 5.14 Å². The Labute approximate surface area is 149 Å². The molecule has 8 nitrogen and oxygen atoms in total. The Morgan fingerprint density at radius 2 is 1.77 bits per heavy atom. The molecule has 0 saturated carbocycles. The molecule has 0 bridgehead atoms. The molecule has 0 fully saturated rings. The molecule has 0 aliphatic carbocycles. The smallest absolute Gasteiger partial charge is 0.258 e. The van der Waals surface area contributed by atoms with Crippen LogP contribution in [-0.2, 0) is 10.0 Å². The minimum Gasteiger partial charge on any atom is -0.508 e. The number of hydrogen-bond acceptors (Lipinski definition) is 6. The summed E-state index contributed by atoms with van der Waals surface area (Å²) in [5.74, 6) is 0.322. The molecule has 0 spiro atoms. The second-order valence-electron chi connectivity index (χ2n) is 5.27. The molecule has 4 aromatic rings. The SMILES string of the molecule is NS(=O)(=O)c1n[nH]c2ncc(-c3cccnc3)cc12.Oc1ccccc1. The predicted molar refractivity (Wildman–Crippen MR) is 96.6 cm³/mol. The first-order chi connectivity index (χ1) is 12.4. The van der Waals surface area contributed by atoms with E-state index < -0.39 is 10.0 Å². The lowest BCUT2D eigenvalue weighted by atomic mass is 10.1. The highest BCUT2D eigenvalue weighted by Gasteiger charge is 2.17. The maximum absolute atomic E-state index is 11.4. The molecule has 0 atom stereocenters. The Bertz CT molecular complexity index is 1110. The highest BCUT2D eigenvalue weighted by Crippen LogP contribution is 2.24. The highest BCUT2D eigenvalue weighted by molar-refractivity contribution is 7.89. The molecule has 0 amide bonds. The Morgan fingerprint density at radius 3 is 2.35 bits per heavy atom. The first-order valence-corrected chi connectivity index (χ1v) is 9.01. The molecule has 3 heterocycles. The van der Waals surface area contributed by atoms with E-state index in [0.29, 0.717) is 16.8 Å². The Kier molecular flexibility index (Phi) is 4.92. The fraction of sp³-hybridized carbons (Fsp3) is 0. The van der Waals surface area contributed by atoms with E-state index in [1.807, 2.05) is 12.1 Å². The van der Waals surface area contributed by atoms with Crippen LogP contribution in [0.5, 0.6) is 5.75 Å². The summed E-state index contributed by atoms with van der Waals surface area (Å²) >= 11 is 0. The number of H-pyrrole nitrogens is 1. The minimum absolute atomic E-state index is 0.208. The molecule has 1 aromatic carbocycles. The van der Waals surface area contributed by atoms with Gasteiger partial charge in [0.2, 0.25) is 5.03 Å². The average Bonchev–Trinajstić information content (AvgIpc) is 3.07. The van der Waals surface area contributed by atoms with E-state index >= 15 is 0 Å². The van der Waals surface area contributed by atoms with E-state index in [2.05, 4.69) is 20.2 Å². The summed E-state index contributed by atoms with van der Waals surface area (Å²) in [6.45, 7) is 0. The van der Waals surface area contributed by atoms with Crippen LogP contribution in [0.25, 0.3) is 22.2 Å². The van der Waals surface area contributed by atoms with E-state index in [9.17, 15) is 8.42 Å². The number of aromatic hydroxyl groups is 1. The summed E-state index contributed by atoms with van der Waals surface area (Å²) in [4.78, 5) is 8.13. The third-order valence-corrected chi connectivity index (χ3v) is 4.25. The molecule has 0 radical (unpaired) electrons. The molecule has 0 saturated heterocycles. The van der Waals surface area contributed by atoms with Gasteiger partial charge in [-0.25, -0.2) is 18.5 Å². The molecule has 4 N–H and O–H groups in total. The van der Waals surface area contributed by atoms with Crippen molar-refractivity contribution in [1.82, 2.24) is 20.2 Å². The van der Waals surface area contributed by atoms with Crippen LogP contribution in [0.2, 0.25) is 0 Å². The third kappa shape index (κ3) is 4.02. The van der Waals surface area contributed by atoms with E-state index in [-0.39, 0.29) is 5.03 Å². The number of aromatic nitrogens is 4. The number of rotatable bonds is 2. The van der Waals surface area contributed by atoms with Crippen molar-refractivity contribution in [3.63, 3.8) is 0 Å². The van der Waals surface area contributed by atoms with Crippen molar-refractivity contribution >= 4 is 21.1 Å². The Balaban J connectivity index is 0.000000236. The fourth-order valence-electron chi connectivity index (χ4n) is 2.22. The van der Waals surface area contributed by atoms with Crippen LogP contribution in [0.1, 0.15) is 0 Å². The van der Waals surface area contributed by atoms with Crippen LogP contribution >= 0.6 is 0 Å². The van der Waals surface area contributed by atoms with Crippen LogP contribution in [0.4, 0.5) is 0 Å². The van der Waals surface area contributed by atoms with Gasteiger partial charge in [0.1, 0.15) is 5.75 Å². The summed E-state index contributed by atoms with van der Waals surface area (Å²) in [6.07, 6.45) is 4.94. The maximum Gasteiger partial charge on any atom is 0.258 e. The number of nitrogens with one attached hydrogen (secondary N) is 1. The van der Waals surface area contributed by atoms with Gasteiger partial charge >= 0.3 is 0 Å². The number of aromatic amines is 1. The average molecular weight is 369 g/mol. The summed E-state index contributed by atoms with van der Waals surface area (Å²) < 4.78 is 22.8. The van der Waals surface area contributed by atoms with Gasteiger partial charge in [0.25, 0.3) is 10.0 Å². The van der Waals surface area contributed by atoms with Gasteiger partial charge in [-0.3, -0.25) is 10.1 Å². The normalized spacial score (nSPS) is 11.0.